The van der Waals surface area contributed by atoms with Crippen LogP contribution in [0.4, 0.5) is 0 Å². The molecule has 0 aliphatic carbocycles. The van der Waals surface area contributed by atoms with E-state index in [4.69, 9.17) is 9.26 Å². The number of nitrogens with zero attached hydrogens (tertiary/aromatic N) is 4. The standard InChI is InChI=1S/C19H22N4O3/c1-12-5-7-15(8-6-12)19-20-17(26-22-19)11-25-18(24)10-9-16-13(2)21-23(4)14(16)3/h5-8H,9-11H2,1-4H3. The summed E-state index contributed by atoms with van der Waals surface area (Å²) in [6.07, 6.45) is 0.884. The monoisotopic (exact) mass is 354 g/mol. The second-order valence-corrected chi connectivity index (χ2v) is 6.31. The van der Waals surface area contributed by atoms with E-state index in [9.17, 15) is 4.79 Å². The van der Waals surface area contributed by atoms with Gasteiger partial charge in [-0.1, -0.05) is 35.0 Å². The Balaban J connectivity index is 1.52. The summed E-state index contributed by atoms with van der Waals surface area (Å²) in [4.78, 5) is 16.3. The van der Waals surface area contributed by atoms with Crippen LogP contribution in [0.5, 0.6) is 0 Å². The second-order valence-electron chi connectivity index (χ2n) is 6.31. The first kappa shape index (κ1) is 17.8. The summed E-state index contributed by atoms with van der Waals surface area (Å²) in [6.45, 7) is 5.92. The van der Waals surface area contributed by atoms with Crippen LogP contribution in [0.15, 0.2) is 28.8 Å². The molecule has 0 unspecified atom stereocenters. The number of aromatic nitrogens is 4. The quantitative estimate of drug-likeness (QED) is 0.633. The van der Waals surface area contributed by atoms with Crippen molar-refractivity contribution in [2.75, 3.05) is 0 Å². The number of ether oxygens (including phenoxy) is 1. The fourth-order valence-corrected chi connectivity index (χ4v) is 2.75. The van der Waals surface area contributed by atoms with Gasteiger partial charge in [-0.15, -0.1) is 0 Å². The van der Waals surface area contributed by atoms with Gasteiger partial charge in [0.25, 0.3) is 5.89 Å². The highest BCUT2D eigenvalue weighted by Gasteiger charge is 2.14. The van der Waals surface area contributed by atoms with Crippen molar-refractivity contribution in [1.82, 2.24) is 19.9 Å². The number of rotatable bonds is 6. The van der Waals surface area contributed by atoms with E-state index in [1.807, 2.05) is 56.8 Å². The number of hydrogen-bond donors (Lipinski definition) is 0. The lowest BCUT2D eigenvalue weighted by Gasteiger charge is -2.03. The Hall–Kier alpha value is -2.96. The molecule has 2 heterocycles. The summed E-state index contributed by atoms with van der Waals surface area (Å²) in [7, 11) is 1.89. The minimum Gasteiger partial charge on any atom is -0.456 e. The molecule has 0 saturated carbocycles. The smallest absolute Gasteiger partial charge is 0.306 e. The first-order chi connectivity index (χ1) is 12.4. The third-order valence-corrected chi connectivity index (χ3v) is 4.37. The number of carbonyl (C=O) groups excluding carboxylic acids is 1. The van der Waals surface area contributed by atoms with E-state index in [1.165, 1.54) is 0 Å². The zero-order valence-corrected chi connectivity index (χ0v) is 15.4. The molecule has 0 N–H and O–H groups in total. The van der Waals surface area contributed by atoms with Gasteiger partial charge in [-0.25, -0.2) is 0 Å². The summed E-state index contributed by atoms with van der Waals surface area (Å²) < 4.78 is 12.2. The van der Waals surface area contributed by atoms with Crippen LogP contribution in [0.25, 0.3) is 11.4 Å². The fraction of sp³-hybridized carbons (Fsp3) is 0.368. The molecule has 136 valence electrons. The lowest BCUT2D eigenvalue weighted by atomic mass is 10.1. The Bertz CT molecular complexity index is 910. The minimum atomic E-state index is -0.303. The maximum atomic E-state index is 12.0. The van der Waals surface area contributed by atoms with Crippen molar-refractivity contribution in [3.05, 3.63) is 52.7 Å². The lowest BCUT2D eigenvalue weighted by Crippen LogP contribution is -2.07. The topological polar surface area (TPSA) is 83.0 Å². The molecule has 2 aromatic heterocycles. The first-order valence-electron chi connectivity index (χ1n) is 8.48. The molecule has 0 aliphatic heterocycles. The van der Waals surface area contributed by atoms with E-state index in [0.29, 0.717) is 12.2 Å². The predicted molar refractivity (Wildman–Crippen MR) is 95.3 cm³/mol. The van der Waals surface area contributed by atoms with Crippen molar-refractivity contribution < 1.29 is 14.1 Å². The molecular formula is C19H22N4O3. The van der Waals surface area contributed by atoms with Crippen LogP contribution in [-0.2, 0) is 29.6 Å². The maximum absolute atomic E-state index is 12.0. The Labute approximate surface area is 152 Å². The molecule has 0 spiro atoms. The highest BCUT2D eigenvalue weighted by molar-refractivity contribution is 5.69. The molecule has 0 atom stereocenters. The second kappa shape index (κ2) is 7.51. The van der Waals surface area contributed by atoms with Crippen LogP contribution in [0.1, 0.15) is 34.8 Å². The van der Waals surface area contributed by atoms with Gasteiger partial charge >= 0.3 is 5.97 Å². The SMILES string of the molecule is Cc1ccc(-c2noc(COC(=O)CCc3c(C)nn(C)c3C)n2)cc1. The van der Waals surface area contributed by atoms with Crippen LogP contribution >= 0.6 is 0 Å². The molecular weight excluding hydrogens is 332 g/mol. The van der Waals surface area contributed by atoms with Crippen LogP contribution in [0, 0.1) is 20.8 Å². The largest absolute Gasteiger partial charge is 0.456 e. The van der Waals surface area contributed by atoms with Crippen LogP contribution in [0.3, 0.4) is 0 Å². The molecule has 0 amide bonds. The van der Waals surface area contributed by atoms with E-state index < -0.39 is 0 Å². The van der Waals surface area contributed by atoms with Gasteiger partial charge in [0.1, 0.15) is 0 Å². The zero-order valence-electron chi connectivity index (χ0n) is 15.4. The molecule has 26 heavy (non-hydrogen) atoms. The Kier molecular flexibility index (Phi) is 5.16. The molecule has 3 rings (SSSR count). The average Bonchev–Trinajstić information content (AvgIpc) is 3.18. The van der Waals surface area contributed by atoms with E-state index in [2.05, 4.69) is 15.2 Å². The Morgan fingerprint density at radius 2 is 1.92 bits per heavy atom. The minimum absolute atomic E-state index is 0.0251. The van der Waals surface area contributed by atoms with Gasteiger partial charge in [0.15, 0.2) is 6.61 Å². The first-order valence-corrected chi connectivity index (χ1v) is 8.48. The predicted octanol–water partition coefficient (Wildman–Crippen LogP) is 3.07. The zero-order chi connectivity index (χ0) is 18.7. The van der Waals surface area contributed by atoms with E-state index >= 15 is 0 Å². The number of benzene rings is 1. The summed E-state index contributed by atoms with van der Waals surface area (Å²) in [6, 6.07) is 7.81. The van der Waals surface area contributed by atoms with Gasteiger partial charge in [0.2, 0.25) is 5.82 Å². The molecule has 3 aromatic rings. The molecule has 0 saturated heterocycles. The van der Waals surface area contributed by atoms with Gasteiger partial charge in [-0.05, 0) is 32.8 Å². The molecule has 0 bridgehead atoms. The van der Waals surface area contributed by atoms with Gasteiger partial charge in [0.05, 0.1) is 5.69 Å². The normalized spacial score (nSPS) is 10.9. The van der Waals surface area contributed by atoms with Crippen molar-refractivity contribution in [2.45, 2.75) is 40.2 Å². The molecule has 0 radical (unpaired) electrons. The third kappa shape index (κ3) is 3.99. The van der Waals surface area contributed by atoms with E-state index in [-0.39, 0.29) is 24.9 Å². The number of esters is 1. The van der Waals surface area contributed by atoms with Crippen molar-refractivity contribution in [2.24, 2.45) is 7.05 Å². The van der Waals surface area contributed by atoms with Crippen molar-refractivity contribution in [3.8, 4) is 11.4 Å². The van der Waals surface area contributed by atoms with Gasteiger partial charge in [-0.2, -0.15) is 10.1 Å². The van der Waals surface area contributed by atoms with Crippen LogP contribution in [-0.4, -0.2) is 25.9 Å². The summed E-state index contributed by atoms with van der Waals surface area (Å²) in [5.41, 5.74) is 5.11. The number of carbonyl (C=O) groups is 1. The van der Waals surface area contributed by atoms with Gasteiger partial charge in [0, 0.05) is 24.7 Å². The van der Waals surface area contributed by atoms with Crippen molar-refractivity contribution in [3.63, 3.8) is 0 Å². The third-order valence-electron chi connectivity index (χ3n) is 4.37. The summed E-state index contributed by atoms with van der Waals surface area (Å²) in [5, 5.41) is 8.28. The summed E-state index contributed by atoms with van der Waals surface area (Å²) >= 11 is 0. The Morgan fingerprint density at radius 1 is 1.19 bits per heavy atom. The van der Waals surface area contributed by atoms with Gasteiger partial charge < -0.3 is 9.26 Å². The highest BCUT2D eigenvalue weighted by atomic mass is 16.6. The maximum Gasteiger partial charge on any atom is 0.306 e. The van der Waals surface area contributed by atoms with E-state index in [1.54, 1.807) is 0 Å². The fourth-order valence-electron chi connectivity index (χ4n) is 2.75. The molecule has 7 heteroatoms. The van der Waals surface area contributed by atoms with Crippen LogP contribution in [0.2, 0.25) is 0 Å². The van der Waals surface area contributed by atoms with Gasteiger partial charge in [-0.3, -0.25) is 9.48 Å². The molecule has 0 fully saturated rings. The molecule has 0 aliphatic rings. The number of aryl methyl sites for hydroxylation is 3. The molecule has 1 aromatic carbocycles. The molecule has 7 nitrogen and oxygen atoms in total. The lowest BCUT2D eigenvalue weighted by molar-refractivity contribution is -0.145. The van der Waals surface area contributed by atoms with Crippen LogP contribution < -0.4 is 0 Å². The summed E-state index contributed by atoms with van der Waals surface area (Å²) in [5.74, 6) is 0.461. The van der Waals surface area contributed by atoms with Crippen molar-refractivity contribution >= 4 is 5.97 Å². The van der Waals surface area contributed by atoms with E-state index in [0.717, 1.165) is 28.1 Å². The Morgan fingerprint density at radius 3 is 2.58 bits per heavy atom. The average molecular weight is 354 g/mol. The number of hydrogen-bond acceptors (Lipinski definition) is 6. The highest BCUT2D eigenvalue weighted by Crippen LogP contribution is 2.17. The van der Waals surface area contributed by atoms with Crippen molar-refractivity contribution in [1.29, 1.82) is 0 Å².